The number of aromatic nitrogens is 2. The number of carbonyl (C=O) groups is 1. The number of hydrogen-bond acceptors (Lipinski definition) is 5. The summed E-state index contributed by atoms with van der Waals surface area (Å²) in [7, 11) is 0. The number of anilines is 1. The monoisotopic (exact) mass is 333 g/mol. The molecule has 24 heavy (non-hydrogen) atoms. The van der Waals surface area contributed by atoms with E-state index in [2.05, 4.69) is 46.9 Å². The molecule has 1 aromatic heterocycles. The fourth-order valence-corrected chi connectivity index (χ4v) is 2.76. The van der Waals surface area contributed by atoms with Crippen LogP contribution < -0.4 is 10.2 Å². The number of amides is 1. The quantitative estimate of drug-likeness (QED) is 0.862. The van der Waals surface area contributed by atoms with Crippen molar-refractivity contribution in [2.45, 2.75) is 53.0 Å². The fraction of sp³-hybridized carbons (Fsp3) is 0.722. The molecule has 0 aliphatic carbocycles. The molecule has 1 amide bonds. The predicted molar refractivity (Wildman–Crippen MR) is 97.4 cm³/mol. The number of carbonyl (C=O) groups excluding carboxylic acids is 1. The van der Waals surface area contributed by atoms with Crippen LogP contribution in [0, 0.1) is 6.92 Å². The van der Waals surface area contributed by atoms with Crippen molar-refractivity contribution in [2.75, 3.05) is 37.6 Å². The Morgan fingerprint density at radius 2 is 1.88 bits per heavy atom. The molecule has 6 nitrogen and oxygen atoms in total. The second-order valence-corrected chi connectivity index (χ2v) is 7.02. The van der Waals surface area contributed by atoms with Gasteiger partial charge in [-0.25, -0.2) is 9.97 Å². The lowest BCUT2D eigenvalue weighted by Gasteiger charge is -2.35. The van der Waals surface area contributed by atoms with Crippen molar-refractivity contribution in [2.24, 2.45) is 0 Å². The van der Waals surface area contributed by atoms with Gasteiger partial charge in [-0.05, 0) is 20.3 Å². The van der Waals surface area contributed by atoms with Crippen LogP contribution in [-0.2, 0) is 4.79 Å². The third-order valence-electron chi connectivity index (χ3n) is 4.46. The van der Waals surface area contributed by atoms with Gasteiger partial charge >= 0.3 is 0 Å². The van der Waals surface area contributed by atoms with Crippen molar-refractivity contribution in [3.05, 3.63) is 17.6 Å². The van der Waals surface area contributed by atoms with E-state index >= 15 is 0 Å². The summed E-state index contributed by atoms with van der Waals surface area (Å²) >= 11 is 0. The maximum absolute atomic E-state index is 12.0. The van der Waals surface area contributed by atoms with E-state index in [1.165, 1.54) is 0 Å². The fourth-order valence-electron chi connectivity index (χ4n) is 2.76. The summed E-state index contributed by atoms with van der Waals surface area (Å²) in [6, 6.07) is 2.30. The van der Waals surface area contributed by atoms with E-state index in [0.717, 1.165) is 49.9 Å². The number of nitrogens with one attached hydrogen (secondary N) is 1. The first-order valence-electron chi connectivity index (χ1n) is 9.01. The molecule has 1 aliphatic rings. The standard InChI is InChI=1S/C18H31N5O/c1-6-14(4)19-17(24)12-22-7-9-23(10-8-22)16-11-15(5)20-18(21-16)13(2)3/h11,13-14H,6-10,12H2,1-5H3,(H,19,24)/t14-/m1/s1. The summed E-state index contributed by atoms with van der Waals surface area (Å²) in [5.74, 6) is 2.36. The van der Waals surface area contributed by atoms with Gasteiger partial charge in [-0.15, -0.1) is 0 Å². The van der Waals surface area contributed by atoms with Gasteiger partial charge in [-0.2, -0.15) is 0 Å². The van der Waals surface area contributed by atoms with Gasteiger partial charge in [0, 0.05) is 49.9 Å². The van der Waals surface area contributed by atoms with E-state index in [9.17, 15) is 4.79 Å². The molecule has 2 heterocycles. The number of rotatable bonds is 6. The van der Waals surface area contributed by atoms with Crippen LogP contribution in [0.15, 0.2) is 6.07 Å². The second kappa shape index (κ2) is 8.42. The minimum atomic E-state index is 0.123. The first kappa shape index (κ1) is 18.6. The van der Waals surface area contributed by atoms with Gasteiger partial charge in [0.25, 0.3) is 0 Å². The van der Waals surface area contributed by atoms with E-state index < -0.39 is 0 Å². The normalized spacial score (nSPS) is 17.2. The zero-order valence-corrected chi connectivity index (χ0v) is 15.7. The highest BCUT2D eigenvalue weighted by Crippen LogP contribution is 2.18. The molecule has 1 fully saturated rings. The molecule has 0 saturated carbocycles. The maximum Gasteiger partial charge on any atom is 0.234 e. The molecular weight excluding hydrogens is 302 g/mol. The molecule has 0 aromatic carbocycles. The Labute approximate surface area is 145 Å². The summed E-state index contributed by atoms with van der Waals surface area (Å²) in [6.45, 7) is 14.4. The molecule has 0 unspecified atom stereocenters. The van der Waals surface area contributed by atoms with Crippen molar-refractivity contribution in [1.82, 2.24) is 20.2 Å². The summed E-state index contributed by atoms with van der Waals surface area (Å²) in [4.78, 5) is 25.7. The van der Waals surface area contributed by atoms with Crippen LogP contribution in [-0.4, -0.2) is 59.5 Å². The Morgan fingerprint density at radius 1 is 1.21 bits per heavy atom. The third-order valence-corrected chi connectivity index (χ3v) is 4.46. The minimum Gasteiger partial charge on any atom is -0.354 e. The number of hydrogen-bond donors (Lipinski definition) is 1. The first-order valence-corrected chi connectivity index (χ1v) is 9.01. The van der Waals surface area contributed by atoms with E-state index in [-0.39, 0.29) is 11.9 Å². The first-order chi connectivity index (χ1) is 11.4. The SMILES string of the molecule is CC[C@@H](C)NC(=O)CN1CCN(c2cc(C)nc(C(C)C)n2)CC1. The number of aryl methyl sites for hydroxylation is 1. The molecule has 1 aromatic rings. The highest BCUT2D eigenvalue weighted by atomic mass is 16.2. The Hall–Kier alpha value is -1.69. The molecule has 1 N–H and O–H groups in total. The van der Waals surface area contributed by atoms with Gasteiger partial charge in [-0.3, -0.25) is 9.69 Å². The Kier molecular flexibility index (Phi) is 6.54. The Balaban J connectivity index is 1.90. The van der Waals surface area contributed by atoms with Crippen LogP contribution in [0.3, 0.4) is 0 Å². The number of nitrogens with zero attached hydrogens (tertiary/aromatic N) is 4. The highest BCUT2D eigenvalue weighted by molar-refractivity contribution is 5.78. The third kappa shape index (κ3) is 5.16. The van der Waals surface area contributed by atoms with Crippen LogP contribution in [0.5, 0.6) is 0 Å². The van der Waals surface area contributed by atoms with E-state index in [1.54, 1.807) is 0 Å². The van der Waals surface area contributed by atoms with E-state index in [4.69, 9.17) is 4.98 Å². The molecular formula is C18H31N5O. The molecule has 0 radical (unpaired) electrons. The molecule has 1 atom stereocenters. The largest absolute Gasteiger partial charge is 0.354 e. The number of piperazine rings is 1. The highest BCUT2D eigenvalue weighted by Gasteiger charge is 2.21. The lowest BCUT2D eigenvalue weighted by atomic mass is 10.2. The summed E-state index contributed by atoms with van der Waals surface area (Å²) in [5.41, 5.74) is 1.01. The second-order valence-electron chi connectivity index (χ2n) is 7.02. The minimum absolute atomic E-state index is 0.123. The van der Waals surface area contributed by atoms with Gasteiger partial charge in [0.1, 0.15) is 11.6 Å². The van der Waals surface area contributed by atoms with Crippen molar-refractivity contribution in [1.29, 1.82) is 0 Å². The molecule has 1 saturated heterocycles. The van der Waals surface area contributed by atoms with Crippen molar-refractivity contribution >= 4 is 11.7 Å². The lowest BCUT2D eigenvalue weighted by Crippen LogP contribution is -2.50. The van der Waals surface area contributed by atoms with Crippen molar-refractivity contribution < 1.29 is 4.79 Å². The predicted octanol–water partition coefficient (Wildman–Crippen LogP) is 1.95. The molecule has 6 heteroatoms. The van der Waals surface area contributed by atoms with Gasteiger partial charge in [-0.1, -0.05) is 20.8 Å². The van der Waals surface area contributed by atoms with Gasteiger partial charge < -0.3 is 10.2 Å². The van der Waals surface area contributed by atoms with Crippen LogP contribution >= 0.6 is 0 Å². The zero-order chi connectivity index (χ0) is 17.7. The molecule has 0 bridgehead atoms. The molecule has 1 aliphatic heterocycles. The summed E-state index contributed by atoms with van der Waals surface area (Å²) in [6.07, 6.45) is 0.963. The topological polar surface area (TPSA) is 61.4 Å². The smallest absolute Gasteiger partial charge is 0.234 e. The summed E-state index contributed by atoms with van der Waals surface area (Å²) in [5, 5.41) is 3.03. The molecule has 2 rings (SSSR count). The van der Waals surface area contributed by atoms with Crippen molar-refractivity contribution in [3.63, 3.8) is 0 Å². The van der Waals surface area contributed by atoms with Crippen LogP contribution in [0.2, 0.25) is 0 Å². The average Bonchev–Trinajstić information content (AvgIpc) is 2.54. The van der Waals surface area contributed by atoms with Crippen molar-refractivity contribution in [3.8, 4) is 0 Å². The Bertz CT molecular complexity index is 552. The van der Waals surface area contributed by atoms with Gasteiger partial charge in [0.15, 0.2) is 0 Å². The average molecular weight is 333 g/mol. The van der Waals surface area contributed by atoms with Crippen LogP contribution in [0.25, 0.3) is 0 Å². The molecule has 134 valence electrons. The zero-order valence-electron chi connectivity index (χ0n) is 15.7. The van der Waals surface area contributed by atoms with Crippen LogP contribution in [0.1, 0.15) is 51.6 Å². The van der Waals surface area contributed by atoms with E-state index in [0.29, 0.717) is 12.5 Å². The van der Waals surface area contributed by atoms with Crippen LogP contribution in [0.4, 0.5) is 5.82 Å². The van der Waals surface area contributed by atoms with Gasteiger partial charge in [0.05, 0.1) is 6.54 Å². The Morgan fingerprint density at radius 3 is 2.46 bits per heavy atom. The summed E-state index contributed by atoms with van der Waals surface area (Å²) < 4.78 is 0. The molecule has 0 spiro atoms. The van der Waals surface area contributed by atoms with E-state index in [1.807, 2.05) is 13.8 Å². The lowest BCUT2D eigenvalue weighted by molar-refractivity contribution is -0.122. The maximum atomic E-state index is 12.0. The van der Waals surface area contributed by atoms with Gasteiger partial charge in [0.2, 0.25) is 5.91 Å².